The second kappa shape index (κ2) is 5.93. The summed E-state index contributed by atoms with van der Waals surface area (Å²) in [5, 5.41) is 14.6. The number of benzene rings is 1. The molecule has 0 atom stereocenters. The zero-order valence-corrected chi connectivity index (χ0v) is 11.3. The molecule has 2 rings (SSSR count). The van der Waals surface area contributed by atoms with Crippen molar-refractivity contribution in [2.24, 2.45) is 0 Å². The first-order valence-corrected chi connectivity index (χ1v) is 6.72. The Balaban J connectivity index is 1.96. The highest BCUT2D eigenvalue weighted by Crippen LogP contribution is 2.30. The Bertz CT molecular complexity index is 494. The number of hydrogen-bond acceptors (Lipinski definition) is 2. The Hall–Kier alpha value is -1.76. The molecule has 1 fully saturated rings. The summed E-state index contributed by atoms with van der Waals surface area (Å²) >= 11 is 0. The van der Waals surface area contributed by atoms with Crippen molar-refractivity contribution in [1.82, 2.24) is 5.32 Å². The summed E-state index contributed by atoms with van der Waals surface area (Å²) in [6.07, 6.45) is -1.14. The van der Waals surface area contributed by atoms with E-state index in [1.165, 1.54) is 12.1 Å². The van der Waals surface area contributed by atoms with Crippen LogP contribution in [-0.4, -0.2) is 23.3 Å². The molecule has 1 aromatic rings. The maximum Gasteiger partial charge on any atom is 0.416 e. The molecule has 1 aliphatic rings. The molecule has 0 saturated heterocycles. The number of halogens is 3. The second-order valence-corrected chi connectivity index (χ2v) is 5.30. The molecule has 0 spiro atoms. The summed E-state index contributed by atoms with van der Waals surface area (Å²) < 4.78 is 37.3. The first-order chi connectivity index (χ1) is 9.85. The summed E-state index contributed by atoms with van der Waals surface area (Å²) in [7, 11) is 0. The summed E-state index contributed by atoms with van der Waals surface area (Å²) in [5.74, 6) is 0. The van der Waals surface area contributed by atoms with E-state index in [2.05, 4.69) is 10.6 Å². The average Bonchev–Trinajstić information content (AvgIpc) is 2.87. The molecule has 0 heterocycles. The van der Waals surface area contributed by atoms with Gasteiger partial charge >= 0.3 is 12.2 Å². The average molecular weight is 302 g/mol. The number of alkyl halides is 3. The zero-order valence-electron chi connectivity index (χ0n) is 11.3. The van der Waals surface area contributed by atoms with Crippen molar-refractivity contribution in [3.05, 3.63) is 29.8 Å². The van der Waals surface area contributed by atoms with Crippen LogP contribution in [0.25, 0.3) is 0 Å². The van der Waals surface area contributed by atoms with E-state index in [0.29, 0.717) is 12.8 Å². The minimum Gasteiger partial charge on any atom is -0.394 e. The van der Waals surface area contributed by atoms with Crippen LogP contribution < -0.4 is 10.6 Å². The fourth-order valence-electron chi connectivity index (χ4n) is 2.52. The van der Waals surface area contributed by atoms with Crippen LogP contribution in [0.2, 0.25) is 0 Å². The Morgan fingerprint density at radius 2 is 1.76 bits per heavy atom. The molecule has 0 radical (unpaired) electrons. The zero-order chi connectivity index (χ0) is 15.5. The number of aliphatic hydroxyl groups excluding tert-OH is 1. The smallest absolute Gasteiger partial charge is 0.394 e. The van der Waals surface area contributed by atoms with Crippen LogP contribution in [0.3, 0.4) is 0 Å². The highest BCUT2D eigenvalue weighted by Gasteiger charge is 2.34. The topological polar surface area (TPSA) is 61.4 Å². The van der Waals surface area contributed by atoms with Gasteiger partial charge in [0.25, 0.3) is 0 Å². The lowest BCUT2D eigenvalue weighted by molar-refractivity contribution is -0.137. The number of urea groups is 1. The van der Waals surface area contributed by atoms with E-state index < -0.39 is 23.3 Å². The first-order valence-electron chi connectivity index (χ1n) is 6.72. The van der Waals surface area contributed by atoms with Gasteiger partial charge in [0.1, 0.15) is 0 Å². The Morgan fingerprint density at radius 1 is 1.19 bits per heavy atom. The predicted octanol–water partition coefficient (Wildman–Crippen LogP) is 3.13. The van der Waals surface area contributed by atoms with E-state index in [1.54, 1.807) is 0 Å². The van der Waals surface area contributed by atoms with Gasteiger partial charge in [0, 0.05) is 5.69 Å². The molecule has 3 N–H and O–H groups in total. The van der Waals surface area contributed by atoms with Crippen LogP contribution in [-0.2, 0) is 6.18 Å². The van der Waals surface area contributed by atoms with Gasteiger partial charge in [-0.2, -0.15) is 13.2 Å². The van der Waals surface area contributed by atoms with Gasteiger partial charge in [-0.25, -0.2) is 4.79 Å². The molecule has 21 heavy (non-hydrogen) atoms. The normalized spacial score (nSPS) is 17.5. The van der Waals surface area contributed by atoms with Gasteiger partial charge in [0.05, 0.1) is 17.7 Å². The monoisotopic (exact) mass is 302 g/mol. The third kappa shape index (κ3) is 3.87. The quantitative estimate of drug-likeness (QED) is 0.803. The van der Waals surface area contributed by atoms with Crippen LogP contribution in [0.1, 0.15) is 31.2 Å². The van der Waals surface area contributed by atoms with E-state index >= 15 is 0 Å². The molecular weight excluding hydrogens is 285 g/mol. The molecule has 1 saturated carbocycles. The fourth-order valence-corrected chi connectivity index (χ4v) is 2.52. The number of carbonyl (C=O) groups excluding carboxylic acids is 1. The summed E-state index contributed by atoms with van der Waals surface area (Å²) in [6.45, 7) is -0.145. The van der Waals surface area contributed by atoms with Gasteiger partial charge in [-0.15, -0.1) is 0 Å². The molecule has 0 aliphatic heterocycles. The molecule has 0 bridgehead atoms. The molecule has 4 nitrogen and oxygen atoms in total. The third-order valence-corrected chi connectivity index (χ3v) is 3.71. The van der Waals surface area contributed by atoms with Gasteiger partial charge in [0.15, 0.2) is 0 Å². The number of carbonyl (C=O) groups is 1. The van der Waals surface area contributed by atoms with E-state index in [-0.39, 0.29) is 12.3 Å². The lowest BCUT2D eigenvalue weighted by Gasteiger charge is -2.28. The number of hydrogen-bond donors (Lipinski definition) is 3. The lowest BCUT2D eigenvalue weighted by atomic mass is 9.99. The number of rotatable bonds is 3. The highest BCUT2D eigenvalue weighted by molar-refractivity contribution is 5.89. The molecule has 116 valence electrons. The Kier molecular flexibility index (Phi) is 4.41. The van der Waals surface area contributed by atoms with Crippen molar-refractivity contribution in [3.8, 4) is 0 Å². The summed E-state index contributed by atoms with van der Waals surface area (Å²) in [6, 6.07) is 3.69. The molecule has 1 aliphatic carbocycles. The number of aliphatic hydroxyl groups is 1. The summed E-state index contributed by atoms with van der Waals surface area (Å²) in [5.41, 5.74) is -1.11. The van der Waals surface area contributed by atoms with Gasteiger partial charge in [-0.3, -0.25) is 0 Å². The van der Waals surface area contributed by atoms with E-state index in [1.807, 2.05) is 0 Å². The first kappa shape index (κ1) is 15.6. The maximum absolute atomic E-state index is 12.4. The summed E-state index contributed by atoms with van der Waals surface area (Å²) in [4.78, 5) is 11.9. The van der Waals surface area contributed by atoms with E-state index in [4.69, 9.17) is 0 Å². The van der Waals surface area contributed by atoms with Gasteiger partial charge < -0.3 is 15.7 Å². The second-order valence-electron chi connectivity index (χ2n) is 5.30. The van der Waals surface area contributed by atoms with Crippen molar-refractivity contribution in [2.45, 2.75) is 37.4 Å². The van der Waals surface area contributed by atoms with Gasteiger partial charge in [0.2, 0.25) is 0 Å². The fraction of sp³-hybridized carbons (Fsp3) is 0.500. The van der Waals surface area contributed by atoms with E-state index in [9.17, 15) is 23.1 Å². The van der Waals surface area contributed by atoms with Crippen LogP contribution in [0.5, 0.6) is 0 Å². The SMILES string of the molecule is O=C(Nc1ccc(C(F)(F)F)cc1)NC1(CO)CCCC1. The number of anilines is 1. The van der Waals surface area contributed by atoms with E-state index in [0.717, 1.165) is 25.0 Å². The largest absolute Gasteiger partial charge is 0.416 e. The van der Waals surface area contributed by atoms with Crippen molar-refractivity contribution in [2.75, 3.05) is 11.9 Å². The Labute approximate surface area is 120 Å². The molecular formula is C14H17F3N2O2. The van der Waals surface area contributed by atoms with Crippen molar-refractivity contribution in [3.63, 3.8) is 0 Å². The van der Waals surface area contributed by atoms with Crippen molar-refractivity contribution < 1.29 is 23.1 Å². The van der Waals surface area contributed by atoms with Gasteiger partial charge in [-0.1, -0.05) is 12.8 Å². The van der Waals surface area contributed by atoms with Crippen LogP contribution in [0, 0.1) is 0 Å². The third-order valence-electron chi connectivity index (χ3n) is 3.71. The Morgan fingerprint density at radius 3 is 2.24 bits per heavy atom. The predicted molar refractivity (Wildman–Crippen MR) is 71.9 cm³/mol. The molecule has 0 aromatic heterocycles. The van der Waals surface area contributed by atoms with Crippen LogP contribution in [0.4, 0.5) is 23.7 Å². The van der Waals surface area contributed by atoms with Gasteiger partial charge in [-0.05, 0) is 37.1 Å². The minimum atomic E-state index is -4.40. The number of amides is 2. The standard InChI is InChI=1S/C14H17F3N2O2/c15-14(16,17)10-3-5-11(6-4-10)18-12(21)19-13(9-20)7-1-2-8-13/h3-6,20H,1-2,7-9H2,(H2,18,19,21). The van der Waals surface area contributed by atoms with Crippen LogP contribution in [0.15, 0.2) is 24.3 Å². The minimum absolute atomic E-state index is 0.145. The van der Waals surface area contributed by atoms with Crippen molar-refractivity contribution in [1.29, 1.82) is 0 Å². The maximum atomic E-state index is 12.4. The lowest BCUT2D eigenvalue weighted by Crippen LogP contribution is -2.50. The van der Waals surface area contributed by atoms with Crippen LogP contribution >= 0.6 is 0 Å². The highest BCUT2D eigenvalue weighted by atomic mass is 19.4. The number of nitrogens with one attached hydrogen (secondary N) is 2. The molecule has 7 heteroatoms. The molecule has 0 unspecified atom stereocenters. The van der Waals surface area contributed by atoms with Crippen molar-refractivity contribution >= 4 is 11.7 Å². The molecule has 1 aromatic carbocycles. The molecule has 2 amide bonds.